The topological polar surface area (TPSA) is 17.1 Å². The Labute approximate surface area is 91.8 Å². The largest absolute Gasteiger partial charge is 0.294 e. The van der Waals surface area contributed by atoms with E-state index in [0.29, 0.717) is 0 Å². The van der Waals surface area contributed by atoms with Crippen LogP contribution in [0.5, 0.6) is 0 Å². The molecular weight excluding hydrogens is 184 g/mol. The van der Waals surface area contributed by atoms with Crippen molar-refractivity contribution in [1.29, 1.82) is 0 Å². The van der Waals surface area contributed by atoms with E-state index in [1.54, 1.807) is 0 Å². The Morgan fingerprint density at radius 2 is 1.93 bits per heavy atom. The van der Waals surface area contributed by atoms with Crippen molar-refractivity contribution < 1.29 is 4.79 Å². The van der Waals surface area contributed by atoms with E-state index in [0.717, 1.165) is 24.0 Å². The van der Waals surface area contributed by atoms with Gasteiger partial charge in [-0.2, -0.15) is 0 Å². The van der Waals surface area contributed by atoms with Gasteiger partial charge in [0.15, 0.2) is 5.78 Å². The summed E-state index contributed by atoms with van der Waals surface area (Å²) in [6.07, 6.45) is 1.75. The third kappa shape index (κ3) is 3.35. The SMILES string of the molecule is C=C(CC)CC(C)C(=O)c1ccccc1. The lowest BCUT2D eigenvalue weighted by molar-refractivity contribution is 0.0929. The van der Waals surface area contributed by atoms with Gasteiger partial charge in [0.1, 0.15) is 0 Å². The number of benzene rings is 1. The summed E-state index contributed by atoms with van der Waals surface area (Å²) < 4.78 is 0. The van der Waals surface area contributed by atoms with Crippen molar-refractivity contribution in [2.75, 3.05) is 0 Å². The van der Waals surface area contributed by atoms with Crippen LogP contribution in [0.4, 0.5) is 0 Å². The molecule has 0 bridgehead atoms. The van der Waals surface area contributed by atoms with Gasteiger partial charge in [0.05, 0.1) is 0 Å². The maximum atomic E-state index is 12.0. The van der Waals surface area contributed by atoms with Crippen LogP contribution in [0.25, 0.3) is 0 Å². The number of carbonyl (C=O) groups is 1. The van der Waals surface area contributed by atoms with Crippen LogP contribution in [0.2, 0.25) is 0 Å². The molecule has 0 aliphatic carbocycles. The van der Waals surface area contributed by atoms with Gasteiger partial charge in [-0.1, -0.05) is 56.3 Å². The molecule has 1 aromatic rings. The zero-order valence-corrected chi connectivity index (χ0v) is 9.49. The van der Waals surface area contributed by atoms with Crippen molar-refractivity contribution in [1.82, 2.24) is 0 Å². The number of hydrogen-bond acceptors (Lipinski definition) is 1. The molecule has 0 radical (unpaired) electrons. The fourth-order valence-electron chi connectivity index (χ4n) is 1.56. The van der Waals surface area contributed by atoms with Crippen molar-refractivity contribution in [2.45, 2.75) is 26.7 Å². The summed E-state index contributed by atoms with van der Waals surface area (Å²) >= 11 is 0. The highest BCUT2D eigenvalue weighted by Crippen LogP contribution is 2.17. The lowest BCUT2D eigenvalue weighted by Gasteiger charge is -2.11. The number of allylic oxidation sites excluding steroid dienone is 1. The average Bonchev–Trinajstić information content (AvgIpc) is 2.29. The number of Topliss-reactive ketones (excluding diaryl/α,β-unsaturated/α-hetero) is 1. The highest BCUT2D eigenvalue weighted by atomic mass is 16.1. The van der Waals surface area contributed by atoms with E-state index in [9.17, 15) is 4.79 Å². The van der Waals surface area contributed by atoms with E-state index in [1.807, 2.05) is 37.3 Å². The van der Waals surface area contributed by atoms with Gasteiger partial charge >= 0.3 is 0 Å². The third-order valence-corrected chi connectivity index (χ3v) is 2.60. The predicted molar refractivity (Wildman–Crippen MR) is 64.0 cm³/mol. The number of carbonyl (C=O) groups excluding carboxylic acids is 1. The fourth-order valence-corrected chi connectivity index (χ4v) is 1.56. The molecular formula is C14H18O. The van der Waals surface area contributed by atoms with Crippen molar-refractivity contribution >= 4 is 5.78 Å². The summed E-state index contributed by atoms with van der Waals surface area (Å²) in [5.41, 5.74) is 1.95. The van der Waals surface area contributed by atoms with Gasteiger partial charge in [-0.15, -0.1) is 0 Å². The van der Waals surface area contributed by atoms with Gasteiger partial charge in [-0.25, -0.2) is 0 Å². The lowest BCUT2D eigenvalue weighted by atomic mass is 9.92. The van der Waals surface area contributed by atoms with Crippen LogP contribution in [0.1, 0.15) is 37.0 Å². The molecule has 0 saturated heterocycles. The lowest BCUT2D eigenvalue weighted by Crippen LogP contribution is -2.11. The summed E-state index contributed by atoms with van der Waals surface area (Å²) in [7, 11) is 0. The second kappa shape index (κ2) is 5.50. The van der Waals surface area contributed by atoms with Crippen LogP contribution in [-0.2, 0) is 0 Å². The van der Waals surface area contributed by atoms with Gasteiger partial charge in [0.2, 0.25) is 0 Å². The molecule has 1 heteroatoms. The standard InChI is InChI=1S/C14H18O/c1-4-11(2)10-12(3)14(15)13-8-6-5-7-9-13/h5-9,12H,2,4,10H2,1,3H3. The van der Waals surface area contributed by atoms with Gasteiger partial charge in [0.25, 0.3) is 0 Å². The van der Waals surface area contributed by atoms with E-state index >= 15 is 0 Å². The van der Waals surface area contributed by atoms with Crippen molar-refractivity contribution in [3.8, 4) is 0 Å². The van der Waals surface area contributed by atoms with Crippen LogP contribution in [0.15, 0.2) is 42.5 Å². The van der Waals surface area contributed by atoms with Crippen molar-refractivity contribution in [3.63, 3.8) is 0 Å². The molecule has 0 aliphatic rings. The Hall–Kier alpha value is -1.37. The molecule has 0 N–H and O–H groups in total. The molecule has 0 aromatic heterocycles. The molecule has 0 amide bonds. The van der Waals surface area contributed by atoms with E-state index in [1.165, 1.54) is 0 Å². The highest BCUT2D eigenvalue weighted by Gasteiger charge is 2.14. The van der Waals surface area contributed by atoms with Crippen molar-refractivity contribution in [3.05, 3.63) is 48.0 Å². The summed E-state index contributed by atoms with van der Waals surface area (Å²) in [6, 6.07) is 9.46. The van der Waals surface area contributed by atoms with Gasteiger partial charge in [-0.3, -0.25) is 4.79 Å². The number of rotatable bonds is 5. The molecule has 1 nitrogen and oxygen atoms in total. The van der Waals surface area contributed by atoms with Gasteiger partial charge < -0.3 is 0 Å². The maximum absolute atomic E-state index is 12.0. The van der Waals surface area contributed by atoms with E-state index in [4.69, 9.17) is 0 Å². The first kappa shape index (κ1) is 11.7. The molecule has 0 spiro atoms. The molecule has 0 saturated carbocycles. The highest BCUT2D eigenvalue weighted by molar-refractivity contribution is 5.97. The minimum absolute atomic E-state index is 0.0415. The van der Waals surface area contributed by atoms with Crippen LogP contribution in [0, 0.1) is 5.92 Å². The summed E-state index contributed by atoms with van der Waals surface area (Å²) in [5.74, 6) is 0.255. The Bertz CT molecular complexity index is 338. The van der Waals surface area contributed by atoms with E-state index in [-0.39, 0.29) is 11.7 Å². The fraction of sp³-hybridized carbons (Fsp3) is 0.357. The van der Waals surface area contributed by atoms with Crippen molar-refractivity contribution in [2.24, 2.45) is 5.92 Å². The van der Waals surface area contributed by atoms with E-state index in [2.05, 4.69) is 13.5 Å². The first-order chi connectivity index (χ1) is 7.15. The molecule has 0 fully saturated rings. The zero-order chi connectivity index (χ0) is 11.3. The number of hydrogen-bond donors (Lipinski definition) is 0. The number of ketones is 1. The van der Waals surface area contributed by atoms with Crippen LogP contribution >= 0.6 is 0 Å². The Morgan fingerprint density at radius 1 is 1.33 bits per heavy atom. The monoisotopic (exact) mass is 202 g/mol. The zero-order valence-electron chi connectivity index (χ0n) is 9.49. The quantitative estimate of drug-likeness (QED) is 0.523. The van der Waals surface area contributed by atoms with Crippen LogP contribution in [0.3, 0.4) is 0 Å². The van der Waals surface area contributed by atoms with Crippen LogP contribution in [-0.4, -0.2) is 5.78 Å². The summed E-state index contributed by atoms with van der Waals surface area (Å²) in [4.78, 5) is 12.0. The van der Waals surface area contributed by atoms with E-state index < -0.39 is 0 Å². The van der Waals surface area contributed by atoms with Gasteiger partial charge in [0, 0.05) is 11.5 Å². The van der Waals surface area contributed by atoms with Crippen LogP contribution < -0.4 is 0 Å². The minimum atomic E-state index is 0.0415. The first-order valence-electron chi connectivity index (χ1n) is 5.41. The molecule has 80 valence electrons. The Balaban J connectivity index is 2.65. The summed E-state index contributed by atoms with van der Waals surface area (Å²) in [5, 5.41) is 0. The molecule has 0 heterocycles. The minimum Gasteiger partial charge on any atom is -0.294 e. The second-order valence-electron chi connectivity index (χ2n) is 3.94. The predicted octanol–water partition coefficient (Wildman–Crippen LogP) is 3.86. The molecule has 1 atom stereocenters. The third-order valence-electron chi connectivity index (χ3n) is 2.60. The molecule has 1 unspecified atom stereocenters. The molecule has 1 rings (SSSR count). The summed E-state index contributed by atoms with van der Waals surface area (Å²) in [6.45, 7) is 7.98. The van der Waals surface area contributed by atoms with Gasteiger partial charge in [-0.05, 0) is 12.8 Å². The normalized spacial score (nSPS) is 12.1. The smallest absolute Gasteiger partial charge is 0.165 e. The second-order valence-corrected chi connectivity index (χ2v) is 3.94. The Kier molecular flexibility index (Phi) is 4.29. The molecule has 1 aromatic carbocycles. The molecule has 15 heavy (non-hydrogen) atoms. The Morgan fingerprint density at radius 3 is 2.47 bits per heavy atom. The first-order valence-corrected chi connectivity index (χ1v) is 5.41. The average molecular weight is 202 g/mol. The maximum Gasteiger partial charge on any atom is 0.165 e. The molecule has 0 aliphatic heterocycles.